The first-order valence-electron chi connectivity index (χ1n) is 7.95. The molecular formula is C17H17F2N5O2. The van der Waals surface area contributed by atoms with Crippen LogP contribution in [0.4, 0.5) is 8.78 Å². The number of amides is 1. The van der Waals surface area contributed by atoms with E-state index in [2.05, 4.69) is 25.3 Å². The third-order valence-electron chi connectivity index (χ3n) is 3.66. The Morgan fingerprint density at radius 2 is 2.12 bits per heavy atom. The van der Waals surface area contributed by atoms with E-state index in [1.807, 2.05) is 13.1 Å². The number of hydrogen-bond acceptors (Lipinski definition) is 4. The van der Waals surface area contributed by atoms with Gasteiger partial charge in [0, 0.05) is 30.4 Å². The molecule has 2 aromatic heterocycles. The summed E-state index contributed by atoms with van der Waals surface area (Å²) >= 11 is 0. The van der Waals surface area contributed by atoms with Crippen molar-refractivity contribution in [2.24, 2.45) is 0 Å². The van der Waals surface area contributed by atoms with Crippen LogP contribution in [0, 0.1) is 0 Å². The van der Waals surface area contributed by atoms with Crippen LogP contribution in [0.3, 0.4) is 0 Å². The van der Waals surface area contributed by atoms with Crippen LogP contribution in [-0.2, 0) is 13.1 Å². The lowest BCUT2D eigenvalue weighted by Crippen LogP contribution is -2.22. The summed E-state index contributed by atoms with van der Waals surface area (Å²) < 4.78 is 30.4. The molecule has 7 nitrogen and oxygen atoms in total. The predicted octanol–water partition coefficient (Wildman–Crippen LogP) is 2.82. The van der Waals surface area contributed by atoms with Gasteiger partial charge in [0.2, 0.25) is 0 Å². The van der Waals surface area contributed by atoms with Gasteiger partial charge >= 0.3 is 6.61 Å². The summed E-state index contributed by atoms with van der Waals surface area (Å²) in [5.41, 5.74) is 2.40. The average Bonchev–Trinajstić information content (AvgIpc) is 3.29. The zero-order chi connectivity index (χ0) is 18.5. The molecule has 2 heterocycles. The number of carbonyl (C=O) groups is 1. The van der Waals surface area contributed by atoms with Crippen LogP contribution in [0.2, 0.25) is 0 Å². The standard InChI is InChI=1S/C17H17F2N5O2/c1-2-24-10-11(9-21-24)8-20-16(25)15-7-14(22-23-15)12-3-5-13(6-4-12)26-17(18)19/h3-7,9-10,17H,2,8H2,1H3,(H,20,25)(H,22,23). The quantitative estimate of drug-likeness (QED) is 0.678. The molecule has 1 aromatic carbocycles. The molecule has 0 saturated heterocycles. The maximum atomic E-state index is 12.2. The average molecular weight is 361 g/mol. The molecule has 136 valence electrons. The Morgan fingerprint density at radius 3 is 2.77 bits per heavy atom. The summed E-state index contributed by atoms with van der Waals surface area (Å²) in [7, 11) is 0. The molecular weight excluding hydrogens is 344 g/mol. The number of carbonyl (C=O) groups excluding carboxylic acids is 1. The van der Waals surface area contributed by atoms with E-state index in [1.165, 1.54) is 12.1 Å². The third-order valence-corrected chi connectivity index (χ3v) is 3.66. The molecule has 0 saturated carbocycles. The number of H-pyrrole nitrogens is 1. The normalized spacial score (nSPS) is 10.9. The van der Waals surface area contributed by atoms with Gasteiger partial charge in [0.1, 0.15) is 11.4 Å². The van der Waals surface area contributed by atoms with Crippen molar-refractivity contribution in [2.75, 3.05) is 0 Å². The van der Waals surface area contributed by atoms with Crippen LogP contribution < -0.4 is 10.1 Å². The van der Waals surface area contributed by atoms with Crippen LogP contribution in [0.15, 0.2) is 42.7 Å². The molecule has 0 unspecified atom stereocenters. The fourth-order valence-electron chi connectivity index (χ4n) is 2.34. The number of aromatic amines is 1. The lowest BCUT2D eigenvalue weighted by Gasteiger charge is -2.04. The summed E-state index contributed by atoms with van der Waals surface area (Å²) in [5.74, 6) is -0.240. The fraction of sp³-hybridized carbons (Fsp3) is 0.235. The monoisotopic (exact) mass is 361 g/mol. The van der Waals surface area contributed by atoms with Crippen molar-refractivity contribution in [3.8, 4) is 17.0 Å². The Morgan fingerprint density at radius 1 is 1.35 bits per heavy atom. The molecule has 1 amide bonds. The van der Waals surface area contributed by atoms with E-state index in [0.29, 0.717) is 23.5 Å². The molecule has 0 aliphatic heterocycles. The van der Waals surface area contributed by atoms with Crippen LogP contribution >= 0.6 is 0 Å². The topological polar surface area (TPSA) is 84.8 Å². The number of hydrogen-bond donors (Lipinski definition) is 2. The number of alkyl halides is 2. The Hall–Kier alpha value is -3.23. The predicted molar refractivity (Wildman–Crippen MR) is 89.7 cm³/mol. The smallest absolute Gasteiger partial charge is 0.387 e. The van der Waals surface area contributed by atoms with Crippen molar-refractivity contribution in [3.63, 3.8) is 0 Å². The first-order chi connectivity index (χ1) is 12.5. The number of nitrogens with zero attached hydrogens (tertiary/aromatic N) is 3. The summed E-state index contributed by atoms with van der Waals surface area (Å²) in [6.45, 7) is 0.227. The van der Waals surface area contributed by atoms with Crippen LogP contribution in [0.5, 0.6) is 5.75 Å². The van der Waals surface area contributed by atoms with Crippen LogP contribution in [0.25, 0.3) is 11.3 Å². The minimum Gasteiger partial charge on any atom is -0.435 e. The largest absolute Gasteiger partial charge is 0.435 e. The number of benzene rings is 1. The molecule has 0 fully saturated rings. The molecule has 0 radical (unpaired) electrons. The highest BCUT2D eigenvalue weighted by Gasteiger charge is 2.12. The highest BCUT2D eigenvalue weighted by Crippen LogP contribution is 2.22. The molecule has 0 aliphatic rings. The van der Waals surface area contributed by atoms with Gasteiger partial charge in [-0.3, -0.25) is 14.6 Å². The maximum Gasteiger partial charge on any atom is 0.387 e. The van der Waals surface area contributed by atoms with Gasteiger partial charge in [-0.1, -0.05) is 0 Å². The zero-order valence-electron chi connectivity index (χ0n) is 13.9. The second kappa shape index (κ2) is 7.77. The van der Waals surface area contributed by atoms with Gasteiger partial charge in [0.25, 0.3) is 5.91 Å². The Bertz CT molecular complexity index is 873. The Labute approximate surface area is 148 Å². The second-order valence-corrected chi connectivity index (χ2v) is 5.46. The lowest BCUT2D eigenvalue weighted by molar-refractivity contribution is -0.0498. The third kappa shape index (κ3) is 4.24. The maximum absolute atomic E-state index is 12.2. The van der Waals surface area contributed by atoms with Crippen molar-refractivity contribution in [3.05, 3.63) is 54.0 Å². The van der Waals surface area contributed by atoms with E-state index < -0.39 is 6.61 Å². The number of aryl methyl sites for hydroxylation is 1. The van der Waals surface area contributed by atoms with Gasteiger partial charge in [-0.05, 0) is 37.3 Å². The summed E-state index contributed by atoms with van der Waals surface area (Å²) in [4.78, 5) is 12.2. The van der Waals surface area contributed by atoms with E-state index in [-0.39, 0.29) is 11.7 Å². The Kier molecular flexibility index (Phi) is 5.26. The molecule has 0 spiro atoms. The number of rotatable bonds is 7. The zero-order valence-corrected chi connectivity index (χ0v) is 13.9. The van der Waals surface area contributed by atoms with Crippen molar-refractivity contribution in [2.45, 2.75) is 26.6 Å². The summed E-state index contributed by atoms with van der Waals surface area (Å²) in [5, 5.41) is 13.7. The molecule has 2 N–H and O–H groups in total. The molecule has 0 bridgehead atoms. The number of ether oxygens (including phenoxy) is 1. The van der Waals surface area contributed by atoms with Gasteiger partial charge < -0.3 is 10.1 Å². The minimum absolute atomic E-state index is 0.0601. The van der Waals surface area contributed by atoms with E-state index in [4.69, 9.17) is 0 Å². The number of nitrogens with one attached hydrogen (secondary N) is 2. The SMILES string of the molecule is CCn1cc(CNC(=O)c2cc(-c3ccc(OC(F)F)cc3)n[nH]2)cn1. The van der Waals surface area contributed by atoms with E-state index >= 15 is 0 Å². The first kappa shape index (κ1) is 17.6. The van der Waals surface area contributed by atoms with Gasteiger partial charge in [-0.15, -0.1) is 0 Å². The van der Waals surface area contributed by atoms with Crippen LogP contribution in [0.1, 0.15) is 23.0 Å². The van der Waals surface area contributed by atoms with Gasteiger partial charge in [-0.2, -0.15) is 19.0 Å². The number of aromatic nitrogens is 4. The van der Waals surface area contributed by atoms with Crippen molar-refractivity contribution in [1.29, 1.82) is 0 Å². The number of halogens is 2. The molecule has 3 aromatic rings. The molecule has 3 rings (SSSR count). The van der Waals surface area contributed by atoms with Gasteiger partial charge in [0.05, 0.1) is 11.9 Å². The highest BCUT2D eigenvalue weighted by molar-refractivity contribution is 5.93. The van der Waals surface area contributed by atoms with Crippen molar-refractivity contribution in [1.82, 2.24) is 25.3 Å². The molecule has 9 heteroatoms. The summed E-state index contributed by atoms with van der Waals surface area (Å²) in [6.07, 6.45) is 3.56. The van der Waals surface area contributed by atoms with E-state index in [1.54, 1.807) is 29.1 Å². The van der Waals surface area contributed by atoms with Crippen molar-refractivity contribution < 1.29 is 18.3 Å². The van der Waals surface area contributed by atoms with E-state index in [0.717, 1.165) is 12.1 Å². The lowest BCUT2D eigenvalue weighted by atomic mass is 10.1. The summed E-state index contributed by atoms with van der Waals surface area (Å²) in [6, 6.07) is 7.61. The molecule has 26 heavy (non-hydrogen) atoms. The highest BCUT2D eigenvalue weighted by atomic mass is 19.3. The van der Waals surface area contributed by atoms with Crippen molar-refractivity contribution >= 4 is 5.91 Å². The first-order valence-corrected chi connectivity index (χ1v) is 7.95. The Balaban J connectivity index is 1.62. The minimum atomic E-state index is -2.87. The molecule has 0 aliphatic carbocycles. The fourth-order valence-corrected chi connectivity index (χ4v) is 2.34. The molecule has 0 atom stereocenters. The van der Waals surface area contributed by atoms with E-state index in [9.17, 15) is 13.6 Å². The van der Waals surface area contributed by atoms with Gasteiger partial charge in [0.15, 0.2) is 0 Å². The van der Waals surface area contributed by atoms with Crippen LogP contribution in [-0.4, -0.2) is 32.5 Å². The second-order valence-electron chi connectivity index (χ2n) is 5.46. The van der Waals surface area contributed by atoms with Gasteiger partial charge in [-0.25, -0.2) is 0 Å².